The maximum atomic E-state index is 12.3. The molecule has 8 nitrogen and oxygen atoms in total. The molecule has 1 aromatic carbocycles. The van der Waals surface area contributed by atoms with Crippen LogP contribution in [-0.2, 0) is 16.0 Å². The van der Waals surface area contributed by atoms with Crippen molar-refractivity contribution < 1.29 is 29.0 Å². The van der Waals surface area contributed by atoms with Crippen molar-refractivity contribution in [2.45, 2.75) is 13.3 Å². The van der Waals surface area contributed by atoms with Crippen molar-refractivity contribution in [2.75, 3.05) is 19.8 Å². The number of hydrogen-bond donors (Lipinski definition) is 2. The van der Waals surface area contributed by atoms with Gasteiger partial charge in [-0.2, -0.15) is 0 Å². The number of nitrogens with one attached hydrogen (secondary N) is 1. The van der Waals surface area contributed by atoms with Crippen LogP contribution < -0.4 is 14.8 Å². The Morgan fingerprint density at radius 1 is 1.39 bits per heavy atom. The van der Waals surface area contributed by atoms with Crippen LogP contribution in [0.5, 0.6) is 11.5 Å². The Labute approximate surface area is 162 Å². The molecule has 0 saturated carbocycles. The van der Waals surface area contributed by atoms with Crippen molar-refractivity contribution in [3.63, 3.8) is 0 Å². The summed E-state index contributed by atoms with van der Waals surface area (Å²) in [5.41, 5.74) is 1.27. The summed E-state index contributed by atoms with van der Waals surface area (Å²) < 4.78 is 11.2. The minimum Gasteiger partial charge on any atom is -0.490 e. The lowest BCUT2D eigenvalue weighted by molar-refractivity contribution is -0.140. The molecule has 0 aliphatic carbocycles. The molecule has 1 saturated heterocycles. The van der Waals surface area contributed by atoms with Gasteiger partial charge >= 0.3 is 12.0 Å². The fourth-order valence-corrected chi connectivity index (χ4v) is 2.63. The quantitative estimate of drug-likeness (QED) is 0.291. The lowest BCUT2D eigenvalue weighted by atomic mass is 10.0. The molecule has 0 aromatic heterocycles. The Hall–Kier alpha value is -3.73. The molecule has 2 rings (SSSR count). The van der Waals surface area contributed by atoms with Crippen LogP contribution in [0.2, 0.25) is 0 Å². The van der Waals surface area contributed by atoms with E-state index in [1.165, 1.54) is 6.08 Å². The van der Waals surface area contributed by atoms with Crippen LogP contribution in [0, 0.1) is 12.3 Å². The summed E-state index contributed by atoms with van der Waals surface area (Å²) in [5, 5.41) is 11.2. The summed E-state index contributed by atoms with van der Waals surface area (Å²) in [6.45, 7) is 5.25. The number of carbonyl (C=O) groups excluding carboxylic acids is 2. The largest absolute Gasteiger partial charge is 0.490 e. The van der Waals surface area contributed by atoms with Gasteiger partial charge in [0.05, 0.1) is 6.61 Å². The Morgan fingerprint density at radius 2 is 2.14 bits per heavy atom. The number of ether oxygens (including phenoxy) is 2. The third kappa shape index (κ3) is 4.71. The van der Waals surface area contributed by atoms with E-state index in [1.807, 2.05) is 6.92 Å². The molecular formula is C20H20N2O6. The van der Waals surface area contributed by atoms with Gasteiger partial charge in [0.2, 0.25) is 0 Å². The average molecular weight is 384 g/mol. The minimum atomic E-state index is -1.29. The van der Waals surface area contributed by atoms with Crippen LogP contribution >= 0.6 is 0 Å². The van der Waals surface area contributed by atoms with Gasteiger partial charge in [-0.15, -0.1) is 13.0 Å². The van der Waals surface area contributed by atoms with E-state index < -0.39 is 24.5 Å². The number of imide groups is 1. The zero-order valence-electron chi connectivity index (χ0n) is 15.4. The van der Waals surface area contributed by atoms with E-state index in [9.17, 15) is 14.4 Å². The van der Waals surface area contributed by atoms with Gasteiger partial charge in [-0.1, -0.05) is 12.0 Å². The first-order valence-corrected chi connectivity index (χ1v) is 8.44. The van der Waals surface area contributed by atoms with Crippen molar-refractivity contribution in [1.29, 1.82) is 0 Å². The van der Waals surface area contributed by atoms with Crippen LogP contribution in [0.25, 0.3) is 6.08 Å². The first-order valence-electron chi connectivity index (χ1n) is 8.44. The number of benzene rings is 1. The highest BCUT2D eigenvalue weighted by atomic mass is 16.5. The minimum absolute atomic E-state index is 0.0319. The van der Waals surface area contributed by atoms with Crippen molar-refractivity contribution in [3.05, 3.63) is 41.6 Å². The summed E-state index contributed by atoms with van der Waals surface area (Å²) in [6.07, 6.45) is 8.86. The number of allylic oxidation sites excluding steroid dienone is 1. The normalized spacial score (nSPS) is 14.6. The number of nitrogens with zero attached hydrogens (tertiary/aromatic N) is 1. The van der Waals surface area contributed by atoms with Crippen LogP contribution in [0.1, 0.15) is 18.1 Å². The number of carboxylic acids is 1. The molecule has 0 unspecified atom stereocenters. The monoisotopic (exact) mass is 384 g/mol. The molecule has 1 aliphatic heterocycles. The topological polar surface area (TPSA) is 105 Å². The maximum Gasteiger partial charge on any atom is 0.329 e. The highest BCUT2D eigenvalue weighted by Gasteiger charge is 2.34. The van der Waals surface area contributed by atoms with Crippen LogP contribution in [0.3, 0.4) is 0 Å². The zero-order chi connectivity index (χ0) is 20.7. The fraction of sp³-hybridized carbons (Fsp3) is 0.250. The molecular weight excluding hydrogens is 364 g/mol. The van der Waals surface area contributed by atoms with Gasteiger partial charge in [0.25, 0.3) is 5.91 Å². The average Bonchev–Trinajstić information content (AvgIpc) is 2.89. The molecule has 1 heterocycles. The summed E-state index contributed by atoms with van der Waals surface area (Å²) in [5.74, 6) is 1.31. The third-order valence-corrected chi connectivity index (χ3v) is 3.68. The molecule has 3 amide bonds. The number of hydrogen-bond acceptors (Lipinski definition) is 5. The molecule has 28 heavy (non-hydrogen) atoms. The lowest BCUT2D eigenvalue weighted by Gasteiger charge is -2.15. The summed E-state index contributed by atoms with van der Waals surface area (Å²) in [6, 6.07) is 2.61. The Kier molecular flexibility index (Phi) is 6.82. The number of carbonyl (C=O) groups is 3. The van der Waals surface area contributed by atoms with Crippen LogP contribution in [-0.4, -0.2) is 47.7 Å². The van der Waals surface area contributed by atoms with Gasteiger partial charge in [0.15, 0.2) is 11.5 Å². The highest BCUT2D eigenvalue weighted by Crippen LogP contribution is 2.34. The first-order chi connectivity index (χ1) is 13.4. The van der Waals surface area contributed by atoms with Gasteiger partial charge in [-0.05, 0) is 37.1 Å². The Bertz CT molecular complexity index is 881. The van der Waals surface area contributed by atoms with E-state index in [1.54, 1.807) is 18.2 Å². The second kappa shape index (κ2) is 9.28. The Morgan fingerprint density at radius 3 is 2.75 bits per heavy atom. The molecule has 0 bridgehead atoms. The molecule has 0 atom stereocenters. The van der Waals surface area contributed by atoms with Crippen molar-refractivity contribution >= 4 is 24.0 Å². The number of rotatable bonds is 9. The molecule has 1 aliphatic rings. The van der Waals surface area contributed by atoms with E-state index in [4.69, 9.17) is 21.0 Å². The molecule has 0 spiro atoms. The highest BCUT2D eigenvalue weighted by molar-refractivity contribution is 6.15. The third-order valence-electron chi connectivity index (χ3n) is 3.68. The second-order valence-corrected chi connectivity index (χ2v) is 5.70. The number of aliphatic carboxylic acids is 1. The summed E-state index contributed by atoms with van der Waals surface area (Å²) in [4.78, 5) is 35.6. The predicted octanol–water partition coefficient (Wildman–Crippen LogP) is 1.80. The van der Waals surface area contributed by atoms with E-state index in [0.29, 0.717) is 35.0 Å². The maximum absolute atomic E-state index is 12.3. The SMILES string of the molecule is C#CCOc1c(CC=C)cc(/C=C2/NC(=O)N(CC(=O)O)C2=O)cc1OCC. The van der Waals surface area contributed by atoms with Gasteiger partial charge in [0, 0.05) is 5.56 Å². The molecule has 0 radical (unpaired) electrons. The van der Waals surface area contributed by atoms with E-state index in [-0.39, 0.29) is 12.3 Å². The summed E-state index contributed by atoms with van der Waals surface area (Å²) in [7, 11) is 0. The number of urea groups is 1. The second-order valence-electron chi connectivity index (χ2n) is 5.70. The van der Waals surface area contributed by atoms with E-state index >= 15 is 0 Å². The molecule has 146 valence electrons. The van der Waals surface area contributed by atoms with E-state index in [0.717, 1.165) is 5.56 Å². The number of terminal acetylenes is 1. The fourth-order valence-electron chi connectivity index (χ4n) is 2.63. The van der Waals surface area contributed by atoms with Crippen LogP contribution in [0.4, 0.5) is 4.79 Å². The van der Waals surface area contributed by atoms with Gasteiger partial charge in [0.1, 0.15) is 18.8 Å². The zero-order valence-corrected chi connectivity index (χ0v) is 15.4. The number of carboxylic acid groups (broad SMARTS) is 1. The lowest BCUT2D eigenvalue weighted by Crippen LogP contribution is -2.35. The standard InChI is InChI=1S/C20H20N2O6/c1-4-7-14-9-13(11-16(27-6-3)18(14)28-8-5-2)10-15-19(25)22(12-17(23)24)20(26)21-15/h2,4,9-11H,1,6-8,12H2,3H3,(H,21,26)(H,23,24)/b15-10+. The molecule has 1 aromatic rings. The van der Waals surface area contributed by atoms with Gasteiger partial charge in [-0.25, -0.2) is 9.69 Å². The van der Waals surface area contributed by atoms with Crippen molar-refractivity contribution in [2.24, 2.45) is 0 Å². The predicted molar refractivity (Wildman–Crippen MR) is 102 cm³/mol. The van der Waals surface area contributed by atoms with Crippen molar-refractivity contribution in [1.82, 2.24) is 10.2 Å². The van der Waals surface area contributed by atoms with Gasteiger partial charge < -0.3 is 19.9 Å². The molecule has 8 heteroatoms. The van der Waals surface area contributed by atoms with Crippen LogP contribution in [0.15, 0.2) is 30.5 Å². The number of amides is 3. The smallest absolute Gasteiger partial charge is 0.329 e. The van der Waals surface area contributed by atoms with E-state index in [2.05, 4.69) is 17.8 Å². The first kappa shape index (κ1) is 20.6. The summed E-state index contributed by atoms with van der Waals surface area (Å²) >= 11 is 0. The molecule has 1 fully saturated rings. The van der Waals surface area contributed by atoms with Crippen molar-refractivity contribution in [3.8, 4) is 23.8 Å². The Balaban J connectivity index is 2.45. The van der Waals surface area contributed by atoms with Gasteiger partial charge in [-0.3, -0.25) is 9.59 Å². The molecule has 2 N–H and O–H groups in total.